The molecule has 1 aromatic heterocycles. The topological polar surface area (TPSA) is 28.2 Å². The van der Waals surface area contributed by atoms with Crippen molar-refractivity contribution < 1.29 is 0 Å². The van der Waals surface area contributed by atoms with Crippen molar-refractivity contribution in [2.24, 2.45) is 0 Å². The van der Waals surface area contributed by atoms with E-state index in [9.17, 15) is 0 Å². The third-order valence-electron chi connectivity index (χ3n) is 2.48. The summed E-state index contributed by atoms with van der Waals surface area (Å²) in [4.78, 5) is 6.87. The third kappa shape index (κ3) is 2.17. The maximum Gasteiger partial charge on any atom is 0.101 e. The number of rotatable bonds is 1. The van der Waals surface area contributed by atoms with E-state index >= 15 is 0 Å². The molecule has 2 rings (SSSR count). The van der Waals surface area contributed by atoms with E-state index in [0.29, 0.717) is 0 Å². The van der Waals surface area contributed by atoms with E-state index in [2.05, 4.69) is 56.8 Å². The molecule has 14 heavy (non-hydrogen) atoms. The van der Waals surface area contributed by atoms with Gasteiger partial charge >= 0.3 is 0 Å². The SMILES string of the molecule is Cc1nc(I)ccc1N1CCNCC1. The zero-order valence-corrected chi connectivity index (χ0v) is 10.4. The highest BCUT2D eigenvalue weighted by Crippen LogP contribution is 2.19. The number of pyridine rings is 1. The Morgan fingerprint density at radius 2 is 2.07 bits per heavy atom. The summed E-state index contributed by atoms with van der Waals surface area (Å²) in [5.74, 6) is 0. The Bertz CT molecular complexity index is 321. The summed E-state index contributed by atoms with van der Waals surface area (Å²) in [7, 11) is 0. The Morgan fingerprint density at radius 1 is 1.36 bits per heavy atom. The van der Waals surface area contributed by atoms with E-state index in [0.717, 1.165) is 35.6 Å². The Hall–Kier alpha value is -0.360. The van der Waals surface area contributed by atoms with E-state index in [1.807, 2.05) is 0 Å². The van der Waals surface area contributed by atoms with Crippen LogP contribution < -0.4 is 10.2 Å². The largest absolute Gasteiger partial charge is 0.368 e. The van der Waals surface area contributed by atoms with Crippen LogP contribution in [0.25, 0.3) is 0 Å². The summed E-state index contributed by atoms with van der Waals surface area (Å²) in [5.41, 5.74) is 2.42. The Balaban J connectivity index is 2.22. The van der Waals surface area contributed by atoms with Gasteiger partial charge in [0.25, 0.3) is 0 Å². The van der Waals surface area contributed by atoms with Crippen LogP contribution in [0, 0.1) is 10.6 Å². The minimum absolute atomic E-state index is 1.07. The van der Waals surface area contributed by atoms with Crippen molar-refractivity contribution in [3.05, 3.63) is 21.5 Å². The standard InChI is InChI=1S/C10H14IN3/c1-8-9(2-3-10(11)13-8)14-6-4-12-5-7-14/h2-3,12H,4-7H2,1H3. The molecule has 1 aliphatic rings. The van der Waals surface area contributed by atoms with Gasteiger partial charge in [-0.05, 0) is 41.6 Å². The van der Waals surface area contributed by atoms with Crippen LogP contribution in [0.2, 0.25) is 0 Å². The predicted molar refractivity (Wildman–Crippen MR) is 66.8 cm³/mol. The number of piperazine rings is 1. The van der Waals surface area contributed by atoms with Crippen LogP contribution in [0.3, 0.4) is 0 Å². The lowest BCUT2D eigenvalue weighted by Crippen LogP contribution is -2.43. The number of anilines is 1. The first-order valence-electron chi connectivity index (χ1n) is 4.86. The second kappa shape index (κ2) is 4.44. The second-order valence-electron chi connectivity index (χ2n) is 3.48. The number of halogens is 1. The molecule has 1 aliphatic heterocycles. The van der Waals surface area contributed by atoms with Gasteiger partial charge in [0.15, 0.2) is 0 Å². The molecule has 0 atom stereocenters. The average Bonchev–Trinajstić information content (AvgIpc) is 2.19. The zero-order valence-electron chi connectivity index (χ0n) is 8.26. The Labute approximate surface area is 98.0 Å². The van der Waals surface area contributed by atoms with Gasteiger partial charge < -0.3 is 10.2 Å². The smallest absolute Gasteiger partial charge is 0.101 e. The van der Waals surface area contributed by atoms with Crippen molar-refractivity contribution in [1.82, 2.24) is 10.3 Å². The fraction of sp³-hybridized carbons (Fsp3) is 0.500. The molecule has 1 aromatic rings. The molecule has 1 fully saturated rings. The molecule has 0 aromatic carbocycles. The van der Waals surface area contributed by atoms with Gasteiger partial charge in [0.2, 0.25) is 0 Å². The number of nitrogens with one attached hydrogen (secondary N) is 1. The second-order valence-corrected chi connectivity index (χ2v) is 4.58. The first-order valence-corrected chi connectivity index (χ1v) is 5.94. The van der Waals surface area contributed by atoms with Gasteiger partial charge in [-0.2, -0.15) is 0 Å². The molecule has 76 valence electrons. The normalized spacial score (nSPS) is 17.1. The summed E-state index contributed by atoms with van der Waals surface area (Å²) >= 11 is 2.25. The van der Waals surface area contributed by atoms with Gasteiger partial charge in [-0.1, -0.05) is 0 Å². The molecule has 0 aliphatic carbocycles. The lowest BCUT2D eigenvalue weighted by Gasteiger charge is -2.30. The van der Waals surface area contributed by atoms with E-state index in [1.54, 1.807) is 0 Å². The molecular formula is C10H14IN3. The van der Waals surface area contributed by atoms with Crippen LogP contribution in [-0.4, -0.2) is 31.2 Å². The van der Waals surface area contributed by atoms with Gasteiger partial charge in [-0.25, -0.2) is 4.98 Å². The van der Waals surface area contributed by atoms with Crippen LogP contribution in [0.1, 0.15) is 5.69 Å². The predicted octanol–water partition coefficient (Wildman–Crippen LogP) is 1.40. The van der Waals surface area contributed by atoms with Crippen molar-refractivity contribution in [1.29, 1.82) is 0 Å². The van der Waals surface area contributed by atoms with Gasteiger partial charge in [0.05, 0.1) is 11.4 Å². The van der Waals surface area contributed by atoms with Crippen molar-refractivity contribution in [2.45, 2.75) is 6.92 Å². The van der Waals surface area contributed by atoms with Crippen LogP contribution in [0.4, 0.5) is 5.69 Å². The lowest BCUT2D eigenvalue weighted by molar-refractivity contribution is 0.587. The molecule has 4 heteroatoms. The molecule has 2 heterocycles. The van der Waals surface area contributed by atoms with Gasteiger partial charge in [0.1, 0.15) is 3.70 Å². The van der Waals surface area contributed by atoms with E-state index in [-0.39, 0.29) is 0 Å². The first kappa shape index (κ1) is 10.2. The van der Waals surface area contributed by atoms with Gasteiger partial charge in [0, 0.05) is 26.2 Å². The van der Waals surface area contributed by atoms with Crippen molar-refractivity contribution in [2.75, 3.05) is 31.1 Å². The maximum atomic E-state index is 4.47. The summed E-state index contributed by atoms with van der Waals surface area (Å²) in [6.45, 7) is 6.41. The van der Waals surface area contributed by atoms with Crippen molar-refractivity contribution >= 4 is 28.3 Å². The highest BCUT2D eigenvalue weighted by Gasteiger charge is 2.12. The third-order valence-corrected chi connectivity index (χ3v) is 3.08. The van der Waals surface area contributed by atoms with Gasteiger partial charge in [-0.15, -0.1) is 0 Å². The van der Waals surface area contributed by atoms with Crippen LogP contribution in [-0.2, 0) is 0 Å². The first-order chi connectivity index (χ1) is 6.77. The summed E-state index contributed by atoms with van der Waals surface area (Å²) < 4.78 is 1.07. The Kier molecular flexibility index (Phi) is 3.22. The molecule has 0 amide bonds. The quantitative estimate of drug-likeness (QED) is 0.628. The summed E-state index contributed by atoms with van der Waals surface area (Å²) in [5, 5.41) is 3.35. The molecule has 0 spiro atoms. The fourth-order valence-corrected chi connectivity index (χ4v) is 2.30. The number of hydrogen-bond donors (Lipinski definition) is 1. The molecule has 0 unspecified atom stereocenters. The number of hydrogen-bond acceptors (Lipinski definition) is 3. The highest BCUT2D eigenvalue weighted by molar-refractivity contribution is 14.1. The molecule has 3 nitrogen and oxygen atoms in total. The van der Waals surface area contributed by atoms with Crippen LogP contribution in [0.5, 0.6) is 0 Å². The summed E-state index contributed by atoms with van der Waals surface area (Å²) in [6, 6.07) is 4.25. The average molecular weight is 303 g/mol. The molecular weight excluding hydrogens is 289 g/mol. The van der Waals surface area contributed by atoms with Crippen LogP contribution >= 0.6 is 22.6 Å². The Morgan fingerprint density at radius 3 is 2.71 bits per heavy atom. The number of aromatic nitrogens is 1. The molecule has 1 saturated heterocycles. The number of nitrogens with zero attached hydrogens (tertiary/aromatic N) is 2. The highest BCUT2D eigenvalue weighted by atomic mass is 127. The zero-order chi connectivity index (χ0) is 9.97. The van der Waals surface area contributed by atoms with Crippen molar-refractivity contribution in [3.63, 3.8) is 0 Å². The van der Waals surface area contributed by atoms with E-state index in [1.165, 1.54) is 5.69 Å². The summed E-state index contributed by atoms with van der Waals surface area (Å²) in [6.07, 6.45) is 0. The van der Waals surface area contributed by atoms with E-state index in [4.69, 9.17) is 0 Å². The molecule has 0 bridgehead atoms. The van der Waals surface area contributed by atoms with Crippen molar-refractivity contribution in [3.8, 4) is 0 Å². The number of aryl methyl sites for hydroxylation is 1. The minimum Gasteiger partial charge on any atom is -0.368 e. The molecule has 1 N–H and O–H groups in total. The van der Waals surface area contributed by atoms with Gasteiger partial charge in [-0.3, -0.25) is 0 Å². The van der Waals surface area contributed by atoms with Crippen LogP contribution in [0.15, 0.2) is 12.1 Å². The maximum absolute atomic E-state index is 4.47. The molecule has 0 radical (unpaired) electrons. The molecule has 0 saturated carbocycles. The minimum atomic E-state index is 1.07. The fourth-order valence-electron chi connectivity index (χ4n) is 1.76. The van der Waals surface area contributed by atoms with E-state index < -0.39 is 0 Å². The lowest BCUT2D eigenvalue weighted by atomic mass is 10.2. The monoisotopic (exact) mass is 303 g/mol.